The lowest BCUT2D eigenvalue weighted by Crippen LogP contribution is -2.33. The monoisotopic (exact) mass is 344 g/mol. The molecule has 0 aliphatic carbocycles. The van der Waals surface area contributed by atoms with Gasteiger partial charge in [-0.3, -0.25) is 9.59 Å². The van der Waals surface area contributed by atoms with Crippen molar-refractivity contribution in [3.8, 4) is 0 Å². The molecule has 0 aliphatic rings. The van der Waals surface area contributed by atoms with Gasteiger partial charge in [-0.2, -0.15) is 0 Å². The summed E-state index contributed by atoms with van der Waals surface area (Å²) < 4.78 is 2.80. The SMILES string of the molecule is CCCn1cc(Br)cc1C(=O)NC(C)CCCC(=O)O. The van der Waals surface area contributed by atoms with E-state index in [-0.39, 0.29) is 18.4 Å². The zero-order chi connectivity index (χ0) is 15.1. The number of carbonyl (C=O) groups excluding carboxylic acids is 1. The predicted molar refractivity (Wildman–Crippen MR) is 80.8 cm³/mol. The van der Waals surface area contributed by atoms with Gasteiger partial charge in [0.1, 0.15) is 5.69 Å². The molecular weight excluding hydrogens is 324 g/mol. The molecular formula is C14H21BrN2O3. The van der Waals surface area contributed by atoms with Gasteiger partial charge in [-0.1, -0.05) is 6.92 Å². The Hall–Kier alpha value is -1.30. The van der Waals surface area contributed by atoms with E-state index >= 15 is 0 Å². The number of hydrogen-bond acceptors (Lipinski definition) is 2. The van der Waals surface area contributed by atoms with Gasteiger partial charge in [0.25, 0.3) is 5.91 Å². The lowest BCUT2D eigenvalue weighted by Gasteiger charge is -2.14. The number of carboxylic acid groups (broad SMARTS) is 1. The number of aryl methyl sites for hydroxylation is 1. The van der Waals surface area contributed by atoms with Crippen molar-refractivity contribution in [2.45, 2.75) is 52.1 Å². The Morgan fingerprint density at radius 2 is 2.20 bits per heavy atom. The van der Waals surface area contributed by atoms with E-state index in [1.165, 1.54) is 0 Å². The Morgan fingerprint density at radius 3 is 2.80 bits per heavy atom. The predicted octanol–water partition coefficient (Wildman–Crippen LogP) is 3.03. The number of nitrogens with zero attached hydrogens (tertiary/aromatic N) is 1. The van der Waals surface area contributed by atoms with Crippen LogP contribution in [-0.2, 0) is 11.3 Å². The van der Waals surface area contributed by atoms with Gasteiger partial charge < -0.3 is 15.0 Å². The van der Waals surface area contributed by atoms with Crippen molar-refractivity contribution in [2.75, 3.05) is 0 Å². The van der Waals surface area contributed by atoms with Crippen LogP contribution in [0.5, 0.6) is 0 Å². The summed E-state index contributed by atoms with van der Waals surface area (Å²) in [5, 5.41) is 11.5. The van der Waals surface area contributed by atoms with E-state index in [4.69, 9.17) is 5.11 Å². The highest BCUT2D eigenvalue weighted by atomic mass is 79.9. The summed E-state index contributed by atoms with van der Waals surface area (Å²) in [6.45, 7) is 4.74. The highest BCUT2D eigenvalue weighted by molar-refractivity contribution is 9.10. The zero-order valence-electron chi connectivity index (χ0n) is 11.9. The molecule has 20 heavy (non-hydrogen) atoms. The number of nitrogens with one attached hydrogen (secondary N) is 1. The van der Waals surface area contributed by atoms with Gasteiger partial charge in [-0.05, 0) is 48.2 Å². The summed E-state index contributed by atoms with van der Waals surface area (Å²) in [7, 11) is 0. The first-order valence-electron chi connectivity index (χ1n) is 6.82. The van der Waals surface area contributed by atoms with Crippen molar-refractivity contribution in [3.05, 3.63) is 22.4 Å². The minimum Gasteiger partial charge on any atom is -0.481 e. The molecule has 0 radical (unpaired) electrons. The number of halogens is 1. The quantitative estimate of drug-likeness (QED) is 0.761. The highest BCUT2D eigenvalue weighted by Gasteiger charge is 2.15. The van der Waals surface area contributed by atoms with Crippen LogP contribution in [0.2, 0.25) is 0 Å². The van der Waals surface area contributed by atoms with E-state index in [1.807, 2.05) is 17.7 Å². The minimum absolute atomic E-state index is 0.0365. The molecule has 1 amide bonds. The summed E-state index contributed by atoms with van der Waals surface area (Å²) in [5.74, 6) is -0.920. The summed E-state index contributed by atoms with van der Waals surface area (Å²) in [5.41, 5.74) is 0.629. The molecule has 1 aromatic rings. The van der Waals surface area contributed by atoms with Crippen LogP contribution in [0, 0.1) is 0 Å². The van der Waals surface area contributed by atoms with E-state index in [0.29, 0.717) is 18.5 Å². The fraction of sp³-hybridized carbons (Fsp3) is 0.571. The molecule has 6 heteroatoms. The van der Waals surface area contributed by atoms with E-state index < -0.39 is 5.97 Å². The van der Waals surface area contributed by atoms with Crippen LogP contribution in [0.1, 0.15) is 50.0 Å². The normalized spacial score (nSPS) is 12.2. The van der Waals surface area contributed by atoms with Gasteiger partial charge >= 0.3 is 5.97 Å². The smallest absolute Gasteiger partial charge is 0.303 e. The molecule has 0 saturated heterocycles. The molecule has 1 rings (SSSR count). The number of amides is 1. The number of rotatable bonds is 8. The van der Waals surface area contributed by atoms with E-state index in [2.05, 4.69) is 28.2 Å². The third-order valence-corrected chi connectivity index (χ3v) is 3.40. The topological polar surface area (TPSA) is 71.3 Å². The van der Waals surface area contributed by atoms with Crippen LogP contribution in [0.3, 0.4) is 0 Å². The van der Waals surface area contributed by atoms with Crippen molar-refractivity contribution >= 4 is 27.8 Å². The van der Waals surface area contributed by atoms with Crippen LogP contribution in [0.25, 0.3) is 0 Å². The van der Waals surface area contributed by atoms with Gasteiger partial charge in [0, 0.05) is 29.7 Å². The summed E-state index contributed by atoms with van der Waals surface area (Å²) >= 11 is 3.38. The molecule has 0 aliphatic heterocycles. The lowest BCUT2D eigenvalue weighted by atomic mass is 10.1. The average molecular weight is 345 g/mol. The second-order valence-electron chi connectivity index (χ2n) is 4.90. The molecule has 0 spiro atoms. The van der Waals surface area contributed by atoms with E-state index in [9.17, 15) is 9.59 Å². The number of aliphatic carboxylic acids is 1. The molecule has 0 bridgehead atoms. The number of carboxylic acids is 1. The van der Waals surface area contributed by atoms with Crippen molar-refractivity contribution in [1.29, 1.82) is 0 Å². The van der Waals surface area contributed by atoms with Crippen LogP contribution < -0.4 is 5.32 Å². The second-order valence-corrected chi connectivity index (χ2v) is 5.81. The first-order chi connectivity index (χ1) is 9.43. The minimum atomic E-state index is -0.802. The summed E-state index contributed by atoms with van der Waals surface area (Å²) in [6.07, 6.45) is 4.21. The Balaban J connectivity index is 2.55. The first-order valence-corrected chi connectivity index (χ1v) is 7.61. The fourth-order valence-electron chi connectivity index (χ4n) is 2.02. The zero-order valence-corrected chi connectivity index (χ0v) is 13.4. The molecule has 5 nitrogen and oxygen atoms in total. The van der Waals surface area contributed by atoms with Gasteiger partial charge in [0.2, 0.25) is 0 Å². The van der Waals surface area contributed by atoms with Crippen molar-refractivity contribution in [2.24, 2.45) is 0 Å². The number of carbonyl (C=O) groups is 2. The average Bonchev–Trinajstić information content (AvgIpc) is 2.70. The number of hydrogen-bond donors (Lipinski definition) is 2. The highest BCUT2D eigenvalue weighted by Crippen LogP contribution is 2.16. The molecule has 112 valence electrons. The third kappa shape index (κ3) is 5.36. The maximum atomic E-state index is 12.2. The van der Waals surface area contributed by atoms with E-state index in [0.717, 1.165) is 17.4 Å². The maximum Gasteiger partial charge on any atom is 0.303 e. The first kappa shape index (κ1) is 16.8. The van der Waals surface area contributed by atoms with Crippen LogP contribution in [-0.4, -0.2) is 27.6 Å². The Morgan fingerprint density at radius 1 is 1.50 bits per heavy atom. The standard InChI is InChI=1S/C14H21BrN2O3/c1-3-7-17-9-11(15)8-12(17)14(20)16-10(2)5-4-6-13(18)19/h8-10H,3-7H2,1-2H3,(H,16,20)(H,18,19). The van der Waals surface area contributed by atoms with Crippen molar-refractivity contribution in [3.63, 3.8) is 0 Å². The molecule has 0 fully saturated rings. The molecule has 0 aromatic carbocycles. The van der Waals surface area contributed by atoms with E-state index in [1.54, 1.807) is 6.07 Å². The second kappa shape index (κ2) is 8.09. The molecule has 1 heterocycles. The van der Waals surface area contributed by atoms with Crippen molar-refractivity contribution in [1.82, 2.24) is 9.88 Å². The molecule has 1 atom stereocenters. The van der Waals surface area contributed by atoms with Gasteiger partial charge in [0.15, 0.2) is 0 Å². The summed E-state index contributed by atoms with van der Waals surface area (Å²) in [4.78, 5) is 22.6. The third-order valence-electron chi connectivity index (χ3n) is 2.97. The molecule has 1 unspecified atom stereocenters. The largest absolute Gasteiger partial charge is 0.481 e. The van der Waals surface area contributed by atoms with Gasteiger partial charge in [-0.15, -0.1) is 0 Å². The molecule has 1 aromatic heterocycles. The van der Waals surface area contributed by atoms with Gasteiger partial charge in [-0.25, -0.2) is 0 Å². The Kier molecular flexibility index (Phi) is 6.78. The fourth-order valence-corrected chi connectivity index (χ4v) is 2.48. The Bertz CT molecular complexity index is 471. The molecule has 2 N–H and O–H groups in total. The maximum absolute atomic E-state index is 12.2. The van der Waals surface area contributed by atoms with Crippen molar-refractivity contribution < 1.29 is 14.7 Å². The lowest BCUT2D eigenvalue weighted by molar-refractivity contribution is -0.137. The summed E-state index contributed by atoms with van der Waals surface area (Å²) in [6, 6.07) is 1.76. The Labute approximate surface area is 127 Å². The molecule has 0 saturated carbocycles. The van der Waals surface area contributed by atoms with Gasteiger partial charge in [0.05, 0.1) is 0 Å². The van der Waals surface area contributed by atoms with Crippen LogP contribution >= 0.6 is 15.9 Å². The van der Waals surface area contributed by atoms with Crippen LogP contribution in [0.4, 0.5) is 0 Å². The van der Waals surface area contributed by atoms with Crippen LogP contribution in [0.15, 0.2) is 16.7 Å². The number of aromatic nitrogens is 1.